The molecular weight excluding hydrogens is 608 g/mol. The summed E-state index contributed by atoms with van der Waals surface area (Å²) in [6.07, 6.45) is -17.1. The van der Waals surface area contributed by atoms with Crippen molar-refractivity contribution in [3.63, 3.8) is 0 Å². The molecule has 2 aliphatic heterocycles. The Hall–Kier alpha value is -3.75. The minimum Gasteiger partial charge on any atom is -0.507 e. The smallest absolute Gasteiger partial charge is 0.238 e. The first kappa shape index (κ1) is 32.6. The standard InChI is InChI=1S/C28H32O17/c1-40-13-4-9(2-3-11(13)31)25-23(38)20(35)17-12(32)5-10(6-14(17)42-25)41-28-26(22(37)19(34)16(8-30)44-28)45-27-24(39)21(36)18(33)15(7-29)43-27/h2-6,15-16,18-19,21-22,24,26-34,36-39H,7-8H2,1H3/t15?,16?,18-,19-,21+,22+,24?,26?,27+,28-/m1/s1. The van der Waals surface area contributed by atoms with Gasteiger partial charge >= 0.3 is 0 Å². The number of aliphatic hydroxyl groups is 7. The zero-order valence-electron chi connectivity index (χ0n) is 23.4. The number of rotatable bonds is 8. The van der Waals surface area contributed by atoms with Crippen LogP contribution in [0.2, 0.25) is 0 Å². The van der Waals surface area contributed by atoms with Gasteiger partial charge in [-0.3, -0.25) is 4.79 Å². The molecule has 2 fully saturated rings. The fourth-order valence-electron chi connectivity index (χ4n) is 5.11. The second-order valence-corrected chi connectivity index (χ2v) is 10.4. The van der Waals surface area contributed by atoms with E-state index in [0.29, 0.717) is 0 Å². The summed E-state index contributed by atoms with van der Waals surface area (Å²) in [5, 5.41) is 102. The summed E-state index contributed by atoms with van der Waals surface area (Å²) in [6, 6.07) is 5.93. The second kappa shape index (κ2) is 12.9. The number of fused-ring (bicyclic) bond motifs is 1. The third-order valence-corrected chi connectivity index (χ3v) is 7.58. The first-order chi connectivity index (χ1) is 21.4. The van der Waals surface area contributed by atoms with Crippen LogP contribution in [0.25, 0.3) is 22.3 Å². The summed E-state index contributed by atoms with van der Waals surface area (Å²) >= 11 is 0. The van der Waals surface area contributed by atoms with Gasteiger partial charge in [-0.2, -0.15) is 0 Å². The van der Waals surface area contributed by atoms with E-state index >= 15 is 0 Å². The van der Waals surface area contributed by atoms with Gasteiger partial charge in [0.05, 0.1) is 20.3 Å². The van der Waals surface area contributed by atoms with Crippen LogP contribution in [0.1, 0.15) is 0 Å². The highest BCUT2D eigenvalue weighted by Crippen LogP contribution is 2.39. The molecule has 0 saturated carbocycles. The monoisotopic (exact) mass is 640 g/mol. The van der Waals surface area contributed by atoms with Gasteiger partial charge in [-0.1, -0.05) is 0 Å². The Morgan fingerprint density at radius 3 is 2.07 bits per heavy atom. The molecule has 0 spiro atoms. The van der Waals surface area contributed by atoms with E-state index in [0.717, 1.165) is 12.1 Å². The van der Waals surface area contributed by atoms with E-state index in [4.69, 9.17) is 28.1 Å². The Labute approximate surface area is 252 Å². The number of hydrogen-bond acceptors (Lipinski definition) is 17. The molecule has 2 saturated heterocycles. The molecule has 3 aromatic rings. The lowest BCUT2D eigenvalue weighted by Crippen LogP contribution is -2.65. The van der Waals surface area contributed by atoms with Crippen molar-refractivity contribution in [2.75, 3.05) is 20.3 Å². The van der Waals surface area contributed by atoms with Crippen LogP contribution in [-0.2, 0) is 14.2 Å². The fraction of sp³-hybridized carbons (Fsp3) is 0.464. The van der Waals surface area contributed by atoms with Gasteiger partial charge < -0.3 is 79.2 Å². The van der Waals surface area contributed by atoms with Crippen LogP contribution in [0, 0.1) is 0 Å². The normalized spacial score (nSPS) is 32.0. The Balaban J connectivity index is 1.51. The Morgan fingerprint density at radius 1 is 0.778 bits per heavy atom. The van der Waals surface area contributed by atoms with Gasteiger partial charge in [-0.25, -0.2) is 0 Å². The Bertz CT molecular complexity index is 1570. The maximum atomic E-state index is 13.0. The van der Waals surface area contributed by atoms with Crippen LogP contribution in [0.4, 0.5) is 0 Å². The summed E-state index contributed by atoms with van der Waals surface area (Å²) < 4.78 is 33.1. The molecule has 10 N–H and O–H groups in total. The lowest BCUT2D eigenvalue weighted by atomic mass is 9.97. The fourth-order valence-corrected chi connectivity index (χ4v) is 5.11. The Morgan fingerprint density at radius 2 is 1.42 bits per heavy atom. The minimum atomic E-state index is -1.90. The molecule has 2 aromatic carbocycles. The maximum absolute atomic E-state index is 13.0. The topological polar surface area (TPSA) is 279 Å². The molecule has 10 atom stereocenters. The van der Waals surface area contributed by atoms with Crippen molar-refractivity contribution in [3.8, 4) is 40.1 Å². The zero-order valence-corrected chi connectivity index (χ0v) is 23.4. The van der Waals surface area contributed by atoms with Crippen molar-refractivity contribution < 1.29 is 79.2 Å². The molecule has 0 radical (unpaired) electrons. The predicted octanol–water partition coefficient (Wildman–Crippen LogP) is -2.41. The second-order valence-electron chi connectivity index (χ2n) is 10.4. The quantitative estimate of drug-likeness (QED) is 0.123. The molecule has 45 heavy (non-hydrogen) atoms. The predicted molar refractivity (Wildman–Crippen MR) is 146 cm³/mol. The highest BCUT2D eigenvalue weighted by molar-refractivity contribution is 5.88. The SMILES string of the molecule is COc1cc(-c2oc3cc(O[C@@H]4OC(CO)[C@@H](O)[C@H](O)C4O[C@@H]4OC(CO)[C@@H](O)[C@H](O)C4O)cc(O)c3c(=O)c2O)ccc1O. The maximum Gasteiger partial charge on any atom is 0.238 e. The largest absolute Gasteiger partial charge is 0.507 e. The van der Waals surface area contributed by atoms with Crippen molar-refractivity contribution in [1.82, 2.24) is 0 Å². The van der Waals surface area contributed by atoms with Crippen LogP contribution in [0.5, 0.6) is 28.7 Å². The zero-order chi connectivity index (χ0) is 32.7. The molecule has 0 aliphatic carbocycles. The first-order valence-electron chi connectivity index (χ1n) is 13.5. The van der Waals surface area contributed by atoms with Gasteiger partial charge in [0.25, 0.3) is 0 Å². The highest BCUT2D eigenvalue weighted by atomic mass is 16.8. The summed E-state index contributed by atoms with van der Waals surface area (Å²) in [5.41, 5.74) is -1.19. The van der Waals surface area contributed by atoms with E-state index in [1.165, 1.54) is 25.3 Å². The average molecular weight is 641 g/mol. The molecule has 0 amide bonds. The minimum absolute atomic E-state index is 0.00801. The number of aromatic hydroxyl groups is 3. The van der Waals surface area contributed by atoms with E-state index in [-0.39, 0.29) is 34.2 Å². The number of phenols is 2. The van der Waals surface area contributed by atoms with Gasteiger partial charge in [-0.05, 0) is 18.2 Å². The molecule has 17 nitrogen and oxygen atoms in total. The first-order valence-corrected chi connectivity index (χ1v) is 13.5. The van der Waals surface area contributed by atoms with E-state index in [2.05, 4.69) is 0 Å². The molecule has 17 heteroatoms. The molecule has 2 aliphatic rings. The number of hydrogen-bond donors (Lipinski definition) is 10. The summed E-state index contributed by atoms with van der Waals surface area (Å²) in [4.78, 5) is 13.0. The number of aliphatic hydroxyl groups excluding tert-OH is 7. The molecule has 4 unspecified atom stereocenters. The number of benzene rings is 2. The van der Waals surface area contributed by atoms with Crippen molar-refractivity contribution in [1.29, 1.82) is 0 Å². The lowest BCUT2D eigenvalue weighted by Gasteiger charge is -2.45. The molecule has 5 rings (SSSR count). The number of methoxy groups -OCH3 is 1. The molecule has 0 bridgehead atoms. The number of ether oxygens (including phenoxy) is 5. The molecule has 1 aromatic heterocycles. The Kier molecular flexibility index (Phi) is 9.38. The highest BCUT2D eigenvalue weighted by Gasteiger charge is 2.51. The van der Waals surface area contributed by atoms with Crippen LogP contribution in [0.15, 0.2) is 39.5 Å². The van der Waals surface area contributed by atoms with Crippen LogP contribution >= 0.6 is 0 Å². The van der Waals surface area contributed by atoms with Crippen LogP contribution in [0.3, 0.4) is 0 Å². The van der Waals surface area contributed by atoms with Gasteiger partial charge in [0.1, 0.15) is 65.2 Å². The lowest BCUT2D eigenvalue weighted by molar-refractivity contribution is -0.357. The van der Waals surface area contributed by atoms with E-state index in [1.54, 1.807) is 0 Å². The van der Waals surface area contributed by atoms with E-state index in [9.17, 15) is 55.9 Å². The summed E-state index contributed by atoms with van der Waals surface area (Å²) in [6.45, 7) is -1.57. The van der Waals surface area contributed by atoms with Crippen LogP contribution < -0.4 is 14.9 Å². The third-order valence-electron chi connectivity index (χ3n) is 7.58. The average Bonchev–Trinajstić information content (AvgIpc) is 3.02. The van der Waals surface area contributed by atoms with E-state index < -0.39 is 96.9 Å². The molecule has 3 heterocycles. The van der Waals surface area contributed by atoms with Crippen molar-refractivity contribution >= 4 is 11.0 Å². The van der Waals surface area contributed by atoms with Gasteiger partial charge in [0, 0.05) is 17.7 Å². The molecular formula is C28H32O17. The summed E-state index contributed by atoms with van der Waals surface area (Å²) in [5.74, 6) is -2.39. The van der Waals surface area contributed by atoms with Crippen molar-refractivity contribution in [2.24, 2.45) is 0 Å². The van der Waals surface area contributed by atoms with E-state index in [1.807, 2.05) is 0 Å². The van der Waals surface area contributed by atoms with Crippen LogP contribution in [-0.4, -0.2) is 133 Å². The van der Waals surface area contributed by atoms with Gasteiger partial charge in [-0.15, -0.1) is 0 Å². The number of phenolic OH excluding ortho intramolecular Hbond substituents is 2. The van der Waals surface area contributed by atoms with Gasteiger partial charge in [0.15, 0.2) is 29.7 Å². The van der Waals surface area contributed by atoms with Crippen molar-refractivity contribution in [3.05, 3.63) is 40.6 Å². The third kappa shape index (κ3) is 5.98. The van der Waals surface area contributed by atoms with Crippen molar-refractivity contribution in [2.45, 2.75) is 61.4 Å². The molecule has 246 valence electrons. The summed E-state index contributed by atoms with van der Waals surface area (Å²) in [7, 11) is 1.29. The van der Waals surface area contributed by atoms with Gasteiger partial charge in [0.2, 0.25) is 17.5 Å².